The minimum Gasteiger partial charge on any atom is -0.378 e. The Morgan fingerprint density at radius 2 is 2.19 bits per heavy atom. The molecule has 21 heavy (non-hydrogen) atoms. The van der Waals surface area contributed by atoms with Crippen LogP contribution in [0.5, 0.6) is 0 Å². The maximum Gasteiger partial charge on any atom is 0.257 e. The van der Waals surface area contributed by atoms with Gasteiger partial charge in [-0.3, -0.25) is 9.78 Å². The molecule has 0 unspecified atom stereocenters. The zero-order valence-corrected chi connectivity index (χ0v) is 13.4. The molecule has 2 aromatic heterocycles. The summed E-state index contributed by atoms with van der Waals surface area (Å²) in [7, 11) is 0. The van der Waals surface area contributed by atoms with Crippen LogP contribution in [0, 0.1) is 0 Å². The van der Waals surface area contributed by atoms with Gasteiger partial charge >= 0.3 is 0 Å². The molecule has 5 nitrogen and oxygen atoms in total. The maximum atomic E-state index is 12.7. The van der Waals surface area contributed by atoms with E-state index in [1.54, 1.807) is 6.20 Å². The number of alkyl halides is 1. The van der Waals surface area contributed by atoms with Crippen LogP contribution in [0.25, 0.3) is 11.0 Å². The zero-order chi connectivity index (χ0) is 14.7. The van der Waals surface area contributed by atoms with E-state index in [-0.39, 0.29) is 5.91 Å². The fourth-order valence-corrected chi connectivity index (χ4v) is 2.88. The number of ether oxygens (including phenoxy) is 1. The average Bonchev–Trinajstić information content (AvgIpc) is 2.92. The second-order valence-electron chi connectivity index (χ2n) is 5.05. The van der Waals surface area contributed by atoms with Gasteiger partial charge in [-0.1, -0.05) is 15.9 Å². The number of aromatic nitrogens is 2. The molecule has 0 aromatic carbocycles. The molecular weight excluding hydrogens is 334 g/mol. The van der Waals surface area contributed by atoms with Crippen LogP contribution < -0.4 is 0 Å². The summed E-state index contributed by atoms with van der Waals surface area (Å²) in [5, 5.41) is 0.944. The highest BCUT2D eigenvalue weighted by atomic mass is 79.9. The van der Waals surface area contributed by atoms with E-state index in [0.717, 1.165) is 29.3 Å². The van der Waals surface area contributed by atoms with Gasteiger partial charge in [0.15, 0.2) is 0 Å². The van der Waals surface area contributed by atoms with Crippen molar-refractivity contribution in [2.45, 2.75) is 13.0 Å². The van der Waals surface area contributed by atoms with Crippen molar-refractivity contribution in [1.29, 1.82) is 0 Å². The largest absolute Gasteiger partial charge is 0.378 e. The molecule has 0 spiro atoms. The van der Waals surface area contributed by atoms with Crippen molar-refractivity contribution in [3.05, 3.63) is 30.1 Å². The Morgan fingerprint density at radius 1 is 1.38 bits per heavy atom. The first-order valence-electron chi connectivity index (χ1n) is 7.18. The molecule has 6 heteroatoms. The van der Waals surface area contributed by atoms with Gasteiger partial charge in [0.2, 0.25) is 0 Å². The number of pyridine rings is 1. The standard InChI is InChI=1S/C15H18BrN3O2/c16-4-2-6-19-11-12(14-13(19)3-1-5-17-14)15(20)18-7-9-21-10-8-18/h1,3,5,11H,2,4,6-10H2. The van der Waals surface area contributed by atoms with Crippen molar-refractivity contribution < 1.29 is 9.53 Å². The predicted octanol–water partition coefficient (Wildman–Crippen LogP) is 2.29. The summed E-state index contributed by atoms with van der Waals surface area (Å²) in [4.78, 5) is 19.0. The number of amides is 1. The summed E-state index contributed by atoms with van der Waals surface area (Å²) in [6, 6.07) is 3.93. The lowest BCUT2D eigenvalue weighted by molar-refractivity contribution is 0.0304. The number of carbonyl (C=O) groups excluding carboxylic acids is 1. The lowest BCUT2D eigenvalue weighted by Gasteiger charge is -2.26. The van der Waals surface area contributed by atoms with Gasteiger partial charge in [-0.2, -0.15) is 0 Å². The van der Waals surface area contributed by atoms with Crippen LogP contribution >= 0.6 is 15.9 Å². The zero-order valence-electron chi connectivity index (χ0n) is 11.8. The average molecular weight is 352 g/mol. The first kappa shape index (κ1) is 14.5. The molecule has 1 aliphatic rings. The van der Waals surface area contributed by atoms with E-state index in [0.29, 0.717) is 31.9 Å². The Bertz CT molecular complexity index is 635. The van der Waals surface area contributed by atoms with E-state index >= 15 is 0 Å². The fourth-order valence-electron chi connectivity index (χ4n) is 2.63. The Morgan fingerprint density at radius 3 is 2.95 bits per heavy atom. The van der Waals surface area contributed by atoms with E-state index in [1.165, 1.54) is 0 Å². The van der Waals surface area contributed by atoms with Gasteiger partial charge < -0.3 is 14.2 Å². The van der Waals surface area contributed by atoms with E-state index in [9.17, 15) is 4.79 Å². The van der Waals surface area contributed by atoms with E-state index in [4.69, 9.17) is 4.74 Å². The molecule has 1 aliphatic heterocycles. The van der Waals surface area contributed by atoms with Gasteiger partial charge in [-0.05, 0) is 18.6 Å². The molecule has 2 aromatic rings. The van der Waals surface area contributed by atoms with Crippen LogP contribution in [0.15, 0.2) is 24.5 Å². The molecule has 0 atom stereocenters. The summed E-state index contributed by atoms with van der Waals surface area (Å²) < 4.78 is 7.43. The SMILES string of the molecule is O=C(c1cn(CCCBr)c2cccnc12)N1CCOCC1. The van der Waals surface area contributed by atoms with Crippen molar-refractivity contribution in [2.24, 2.45) is 0 Å². The lowest BCUT2D eigenvalue weighted by atomic mass is 10.2. The van der Waals surface area contributed by atoms with Gasteiger partial charge in [0.25, 0.3) is 5.91 Å². The number of carbonyl (C=O) groups is 1. The molecule has 3 heterocycles. The highest BCUT2D eigenvalue weighted by molar-refractivity contribution is 9.09. The quantitative estimate of drug-likeness (QED) is 0.794. The normalized spacial score (nSPS) is 15.6. The Balaban J connectivity index is 1.95. The Labute approximate surface area is 132 Å². The molecule has 3 rings (SSSR count). The van der Waals surface area contributed by atoms with Crippen molar-refractivity contribution >= 4 is 32.9 Å². The lowest BCUT2D eigenvalue weighted by Crippen LogP contribution is -2.40. The van der Waals surface area contributed by atoms with Crippen LogP contribution in [0.4, 0.5) is 0 Å². The van der Waals surface area contributed by atoms with E-state index in [2.05, 4.69) is 25.5 Å². The number of hydrogen-bond donors (Lipinski definition) is 0. The monoisotopic (exact) mass is 351 g/mol. The van der Waals surface area contributed by atoms with Gasteiger partial charge in [-0.15, -0.1) is 0 Å². The van der Waals surface area contributed by atoms with Gasteiger partial charge in [0, 0.05) is 37.4 Å². The number of hydrogen-bond acceptors (Lipinski definition) is 3. The van der Waals surface area contributed by atoms with Crippen LogP contribution in [0.2, 0.25) is 0 Å². The predicted molar refractivity (Wildman–Crippen MR) is 84.9 cm³/mol. The molecule has 0 bridgehead atoms. The molecule has 0 aliphatic carbocycles. The molecular formula is C15H18BrN3O2. The van der Waals surface area contributed by atoms with Gasteiger partial charge in [0.05, 0.1) is 24.3 Å². The molecule has 0 saturated carbocycles. The molecule has 0 N–H and O–H groups in total. The van der Waals surface area contributed by atoms with Crippen LogP contribution in [0.3, 0.4) is 0 Å². The third kappa shape index (κ3) is 2.96. The first-order valence-corrected chi connectivity index (χ1v) is 8.30. The van der Waals surface area contributed by atoms with Crippen LogP contribution in [0.1, 0.15) is 16.8 Å². The van der Waals surface area contributed by atoms with Gasteiger partial charge in [-0.25, -0.2) is 0 Å². The van der Waals surface area contributed by atoms with Gasteiger partial charge in [0.1, 0.15) is 5.52 Å². The minimum absolute atomic E-state index is 0.0552. The molecule has 0 radical (unpaired) electrons. The second-order valence-corrected chi connectivity index (χ2v) is 5.85. The van der Waals surface area contributed by atoms with E-state index < -0.39 is 0 Å². The highest BCUT2D eigenvalue weighted by Crippen LogP contribution is 2.21. The van der Waals surface area contributed by atoms with Crippen LogP contribution in [-0.2, 0) is 11.3 Å². The number of morpholine rings is 1. The second kappa shape index (κ2) is 6.58. The highest BCUT2D eigenvalue weighted by Gasteiger charge is 2.23. The summed E-state index contributed by atoms with van der Waals surface area (Å²) in [5.41, 5.74) is 2.51. The molecule has 112 valence electrons. The summed E-state index contributed by atoms with van der Waals surface area (Å²) in [6.45, 7) is 3.41. The molecule has 1 amide bonds. The number of fused-ring (bicyclic) bond motifs is 1. The fraction of sp³-hybridized carbons (Fsp3) is 0.467. The third-order valence-electron chi connectivity index (χ3n) is 3.70. The van der Waals surface area contributed by atoms with Crippen molar-refractivity contribution in [1.82, 2.24) is 14.5 Å². The number of halogens is 1. The van der Waals surface area contributed by atoms with Crippen molar-refractivity contribution in [3.8, 4) is 0 Å². The Kier molecular flexibility index (Phi) is 4.55. The topological polar surface area (TPSA) is 47.4 Å². The third-order valence-corrected chi connectivity index (χ3v) is 4.26. The maximum absolute atomic E-state index is 12.7. The number of aryl methyl sites for hydroxylation is 1. The number of rotatable bonds is 4. The molecule has 1 saturated heterocycles. The van der Waals surface area contributed by atoms with Crippen molar-refractivity contribution in [2.75, 3.05) is 31.6 Å². The van der Waals surface area contributed by atoms with Crippen LogP contribution in [-0.4, -0.2) is 52.0 Å². The minimum atomic E-state index is 0.0552. The summed E-state index contributed by atoms with van der Waals surface area (Å²) in [5.74, 6) is 0.0552. The Hall–Kier alpha value is -1.40. The summed E-state index contributed by atoms with van der Waals surface area (Å²) >= 11 is 3.45. The number of nitrogens with zero attached hydrogens (tertiary/aromatic N) is 3. The summed E-state index contributed by atoms with van der Waals surface area (Å²) in [6.07, 6.45) is 4.70. The molecule has 1 fully saturated rings. The first-order chi connectivity index (χ1) is 10.3. The van der Waals surface area contributed by atoms with Crippen molar-refractivity contribution in [3.63, 3.8) is 0 Å². The smallest absolute Gasteiger partial charge is 0.257 e. The van der Waals surface area contributed by atoms with E-state index in [1.807, 2.05) is 23.2 Å².